The second-order valence-electron chi connectivity index (χ2n) is 7.65. The van der Waals surface area contributed by atoms with Crippen LogP contribution < -0.4 is 10.2 Å². The highest BCUT2D eigenvalue weighted by atomic mass is 16.2. The number of carbonyl (C=O) groups excluding carboxylic acids is 2. The number of carbonyl (C=O) groups is 2. The zero-order valence-corrected chi connectivity index (χ0v) is 16.4. The molecule has 1 aliphatic carbocycles. The van der Waals surface area contributed by atoms with Crippen LogP contribution >= 0.6 is 0 Å². The number of nitrogens with zero attached hydrogens (tertiary/aromatic N) is 5. The summed E-state index contributed by atoms with van der Waals surface area (Å²) < 4.78 is 3.90. The quantitative estimate of drug-likeness (QED) is 0.742. The Balaban J connectivity index is 1.36. The second kappa shape index (κ2) is 6.58. The van der Waals surface area contributed by atoms with Crippen molar-refractivity contribution in [2.24, 2.45) is 7.05 Å². The molecule has 3 aromatic rings. The van der Waals surface area contributed by atoms with Crippen LogP contribution in [0.5, 0.6) is 0 Å². The number of pyridine rings is 1. The van der Waals surface area contributed by atoms with Gasteiger partial charge in [-0.2, -0.15) is 5.10 Å². The summed E-state index contributed by atoms with van der Waals surface area (Å²) in [5.74, 6) is 1.37. The number of hydrogen-bond donors (Lipinski definition) is 1. The first-order valence-electron chi connectivity index (χ1n) is 9.80. The van der Waals surface area contributed by atoms with Gasteiger partial charge in [0.2, 0.25) is 0 Å². The average Bonchev–Trinajstić information content (AvgIpc) is 3.18. The Morgan fingerprint density at radius 2 is 1.97 bits per heavy atom. The minimum atomic E-state index is -0.207. The lowest BCUT2D eigenvalue weighted by Gasteiger charge is -2.15. The summed E-state index contributed by atoms with van der Waals surface area (Å²) in [6.45, 7) is 3.21. The van der Waals surface area contributed by atoms with Gasteiger partial charge in [-0.15, -0.1) is 0 Å². The van der Waals surface area contributed by atoms with Crippen LogP contribution in [-0.4, -0.2) is 37.7 Å². The van der Waals surface area contributed by atoms with E-state index in [9.17, 15) is 9.59 Å². The van der Waals surface area contributed by atoms with Gasteiger partial charge in [-0.3, -0.25) is 14.5 Å². The highest BCUT2D eigenvalue weighted by Gasteiger charge is 2.29. The van der Waals surface area contributed by atoms with Crippen molar-refractivity contribution >= 4 is 23.5 Å². The van der Waals surface area contributed by atoms with Gasteiger partial charge in [-0.05, 0) is 43.9 Å². The van der Waals surface area contributed by atoms with Crippen molar-refractivity contribution < 1.29 is 9.59 Å². The van der Waals surface area contributed by atoms with Crippen molar-refractivity contribution in [2.45, 2.75) is 32.2 Å². The van der Waals surface area contributed by atoms with E-state index in [0.717, 1.165) is 11.5 Å². The van der Waals surface area contributed by atoms with Crippen LogP contribution in [0.3, 0.4) is 0 Å². The van der Waals surface area contributed by atoms with Gasteiger partial charge in [-0.1, -0.05) is 0 Å². The first-order valence-corrected chi connectivity index (χ1v) is 9.80. The molecule has 2 aliphatic rings. The fourth-order valence-corrected chi connectivity index (χ4v) is 3.94. The fourth-order valence-electron chi connectivity index (χ4n) is 3.94. The summed E-state index contributed by atoms with van der Waals surface area (Å²) in [6.07, 6.45) is 5.59. The topological polar surface area (TPSA) is 85.1 Å². The third kappa shape index (κ3) is 3.00. The molecule has 8 heteroatoms. The van der Waals surface area contributed by atoms with Crippen molar-refractivity contribution in [1.82, 2.24) is 19.3 Å². The Morgan fingerprint density at radius 1 is 1.14 bits per heavy atom. The molecular formula is C21H22N6O2. The molecule has 8 nitrogen and oxygen atoms in total. The van der Waals surface area contributed by atoms with E-state index in [0.29, 0.717) is 36.0 Å². The number of hydrogen-bond acceptors (Lipinski definition) is 4. The smallest absolute Gasteiger partial charge is 0.259 e. The fraction of sp³-hybridized carbons (Fsp3) is 0.333. The van der Waals surface area contributed by atoms with Crippen LogP contribution in [0.25, 0.3) is 0 Å². The molecule has 0 saturated heterocycles. The zero-order valence-electron chi connectivity index (χ0n) is 16.4. The van der Waals surface area contributed by atoms with Crippen LogP contribution in [-0.2, 0) is 13.6 Å². The van der Waals surface area contributed by atoms with Crippen LogP contribution in [0, 0.1) is 6.92 Å². The SMILES string of the molecule is Cc1c(C(=O)Nc2cc(C(=O)N3CCn4nccc43)ccn2)cc(C2CC2)n1C. The van der Waals surface area contributed by atoms with E-state index in [2.05, 4.69) is 20.0 Å². The van der Waals surface area contributed by atoms with E-state index in [1.54, 1.807) is 34.1 Å². The predicted octanol–water partition coefficient (Wildman–Crippen LogP) is 2.72. The number of nitrogens with one attached hydrogen (secondary N) is 1. The van der Waals surface area contributed by atoms with Crippen molar-refractivity contribution in [2.75, 3.05) is 16.8 Å². The normalized spacial score (nSPS) is 15.4. The molecule has 0 spiro atoms. The number of rotatable bonds is 4. The molecule has 0 atom stereocenters. The van der Waals surface area contributed by atoms with Crippen molar-refractivity contribution in [3.63, 3.8) is 0 Å². The Hall–Kier alpha value is -3.42. The molecule has 0 unspecified atom stereocenters. The maximum atomic E-state index is 12.9. The Labute approximate surface area is 168 Å². The van der Waals surface area contributed by atoms with Gasteiger partial charge in [0.25, 0.3) is 11.8 Å². The molecule has 4 heterocycles. The summed E-state index contributed by atoms with van der Waals surface area (Å²) in [7, 11) is 2.00. The summed E-state index contributed by atoms with van der Waals surface area (Å²) in [6, 6.07) is 7.09. The molecule has 3 aromatic heterocycles. The number of aromatic nitrogens is 4. The monoisotopic (exact) mass is 390 g/mol. The van der Waals surface area contributed by atoms with Crippen molar-refractivity contribution in [1.29, 1.82) is 0 Å². The van der Waals surface area contributed by atoms with Gasteiger partial charge in [-0.25, -0.2) is 9.67 Å². The third-order valence-electron chi connectivity index (χ3n) is 5.81. The molecule has 1 saturated carbocycles. The van der Waals surface area contributed by atoms with Crippen LogP contribution in [0.15, 0.2) is 36.7 Å². The van der Waals surface area contributed by atoms with Crippen molar-refractivity contribution in [3.8, 4) is 0 Å². The first-order chi connectivity index (χ1) is 14.0. The van der Waals surface area contributed by atoms with Gasteiger partial charge >= 0.3 is 0 Å². The lowest BCUT2D eigenvalue weighted by molar-refractivity contribution is 0.0986. The Kier molecular flexibility index (Phi) is 4.01. The Morgan fingerprint density at radius 3 is 2.76 bits per heavy atom. The van der Waals surface area contributed by atoms with E-state index in [1.165, 1.54) is 18.5 Å². The van der Waals surface area contributed by atoms with Gasteiger partial charge in [0, 0.05) is 42.8 Å². The van der Waals surface area contributed by atoms with Gasteiger partial charge < -0.3 is 9.88 Å². The van der Waals surface area contributed by atoms with Crippen LogP contribution in [0.1, 0.15) is 50.9 Å². The average molecular weight is 390 g/mol. The molecule has 0 radical (unpaired) electrons. The number of fused-ring (bicyclic) bond motifs is 1. The first kappa shape index (κ1) is 17.7. The maximum Gasteiger partial charge on any atom is 0.259 e. The third-order valence-corrected chi connectivity index (χ3v) is 5.81. The molecule has 148 valence electrons. The largest absolute Gasteiger partial charge is 0.351 e. The molecule has 1 fully saturated rings. The van der Waals surface area contributed by atoms with E-state index in [4.69, 9.17) is 0 Å². The number of anilines is 2. The van der Waals surface area contributed by atoms with Gasteiger partial charge in [0.15, 0.2) is 0 Å². The molecule has 5 rings (SSSR count). The molecule has 1 aliphatic heterocycles. The molecule has 0 bridgehead atoms. The van der Waals surface area contributed by atoms with E-state index < -0.39 is 0 Å². The molecule has 2 amide bonds. The Bertz CT molecular complexity index is 1120. The minimum Gasteiger partial charge on any atom is -0.351 e. The van der Waals surface area contributed by atoms with Crippen LogP contribution in [0.4, 0.5) is 11.6 Å². The van der Waals surface area contributed by atoms with Gasteiger partial charge in [0.1, 0.15) is 11.6 Å². The second-order valence-corrected chi connectivity index (χ2v) is 7.65. The van der Waals surface area contributed by atoms with Crippen LogP contribution in [0.2, 0.25) is 0 Å². The molecule has 0 aromatic carbocycles. The van der Waals surface area contributed by atoms with E-state index in [-0.39, 0.29) is 11.8 Å². The highest BCUT2D eigenvalue weighted by molar-refractivity contribution is 6.08. The summed E-state index contributed by atoms with van der Waals surface area (Å²) in [5, 5.41) is 7.05. The maximum absolute atomic E-state index is 12.9. The number of amides is 2. The summed E-state index contributed by atoms with van der Waals surface area (Å²) >= 11 is 0. The zero-order chi connectivity index (χ0) is 20.1. The predicted molar refractivity (Wildman–Crippen MR) is 108 cm³/mol. The van der Waals surface area contributed by atoms with E-state index in [1.807, 2.05) is 26.1 Å². The minimum absolute atomic E-state index is 0.130. The summed E-state index contributed by atoms with van der Waals surface area (Å²) in [4.78, 5) is 31.7. The molecular weight excluding hydrogens is 368 g/mol. The highest BCUT2D eigenvalue weighted by Crippen LogP contribution is 2.41. The van der Waals surface area contributed by atoms with E-state index >= 15 is 0 Å². The summed E-state index contributed by atoms with van der Waals surface area (Å²) in [5.41, 5.74) is 3.27. The standard InChI is InChI=1S/C21H22N6O2/c1-13-16(12-17(25(13)2)14-3-4-14)20(28)24-18-11-15(5-7-22-18)21(29)26-9-10-27-19(26)6-8-23-27/h5-8,11-12,14H,3-4,9-10H2,1-2H3,(H,22,24,28). The van der Waals surface area contributed by atoms with Crippen molar-refractivity contribution in [3.05, 3.63) is 59.2 Å². The molecule has 1 N–H and O–H groups in total. The molecule has 29 heavy (non-hydrogen) atoms. The van der Waals surface area contributed by atoms with Gasteiger partial charge in [0.05, 0.1) is 18.3 Å². The lowest BCUT2D eigenvalue weighted by atomic mass is 10.2. The lowest BCUT2D eigenvalue weighted by Crippen LogP contribution is -2.29.